The highest BCUT2D eigenvalue weighted by Gasteiger charge is 2.06. The Morgan fingerprint density at radius 3 is 1.82 bits per heavy atom. The summed E-state index contributed by atoms with van der Waals surface area (Å²) in [5.41, 5.74) is 9.74. The van der Waals surface area contributed by atoms with E-state index in [2.05, 4.69) is 20.7 Å². The number of hydrogen-bond acceptors (Lipinski definition) is 4. The minimum absolute atomic E-state index is 0.0842. The van der Waals surface area contributed by atoms with Crippen molar-refractivity contribution in [2.24, 2.45) is 5.11 Å². The Bertz CT molecular complexity index is 852. The molecule has 8 nitrogen and oxygen atoms in total. The van der Waals surface area contributed by atoms with E-state index in [-0.39, 0.29) is 18.4 Å². The highest BCUT2D eigenvalue weighted by Crippen LogP contribution is 2.14. The smallest absolute Gasteiger partial charge is 0.251 e. The molecule has 0 saturated carbocycles. The number of unbranched alkanes of at least 4 members (excludes halogenated alkanes) is 13. The first-order valence-electron chi connectivity index (χ1n) is 14.7. The Morgan fingerprint density at radius 2 is 1.26 bits per heavy atom. The van der Waals surface area contributed by atoms with E-state index in [4.69, 9.17) is 5.53 Å². The molecule has 1 aromatic rings. The average Bonchev–Trinajstić information content (AvgIpc) is 2.91. The van der Waals surface area contributed by atoms with E-state index in [1.807, 2.05) is 6.07 Å². The van der Waals surface area contributed by atoms with Gasteiger partial charge in [-0.25, -0.2) is 0 Å². The first-order chi connectivity index (χ1) is 18.5. The van der Waals surface area contributed by atoms with Gasteiger partial charge in [0.05, 0.1) is 6.54 Å². The molecule has 212 valence electrons. The Labute approximate surface area is 229 Å². The van der Waals surface area contributed by atoms with E-state index in [0.717, 1.165) is 31.2 Å². The van der Waals surface area contributed by atoms with Gasteiger partial charge >= 0.3 is 0 Å². The Morgan fingerprint density at radius 1 is 0.737 bits per heavy atom. The van der Waals surface area contributed by atoms with Crippen molar-refractivity contribution in [3.8, 4) is 0 Å². The minimum Gasteiger partial charge on any atom is -0.356 e. The number of rotatable bonds is 24. The zero-order chi connectivity index (χ0) is 27.7. The number of carbonyl (C=O) groups excluding carboxylic acids is 3. The summed E-state index contributed by atoms with van der Waals surface area (Å²) in [5, 5.41) is 9.30. The van der Waals surface area contributed by atoms with Crippen LogP contribution in [0.5, 0.6) is 0 Å². The zero-order valence-corrected chi connectivity index (χ0v) is 23.5. The van der Waals surface area contributed by atoms with E-state index in [1.165, 1.54) is 70.6 Å². The van der Waals surface area contributed by atoms with Crippen LogP contribution in [0.15, 0.2) is 29.4 Å². The molecule has 0 aliphatic carbocycles. The molecule has 8 heteroatoms. The number of amides is 2. The van der Waals surface area contributed by atoms with Gasteiger partial charge in [0.2, 0.25) is 5.91 Å². The maximum atomic E-state index is 12.2. The molecule has 38 heavy (non-hydrogen) atoms. The summed E-state index contributed by atoms with van der Waals surface area (Å²) in [6.07, 6.45) is 19.2. The average molecular weight is 528 g/mol. The monoisotopic (exact) mass is 527 g/mol. The standard InChI is InChI=1S/C30H49N5O3/c1-26(36)18-14-12-10-8-6-4-2-3-5-7-9-11-13-15-21-29(37)32-22-17-23-33-30(38)28-20-16-19-27(24-28)25-34-35-31/h16,19-20,24H,2-15,17-18,21-23,25H2,1H3,(H,32,37)(H,33,38). The van der Waals surface area contributed by atoms with Crippen LogP contribution >= 0.6 is 0 Å². The summed E-state index contributed by atoms with van der Waals surface area (Å²) in [5.74, 6) is 0.223. The van der Waals surface area contributed by atoms with Gasteiger partial charge < -0.3 is 15.4 Å². The maximum Gasteiger partial charge on any atom is 0.251 e. The third-order valence-electron chi connectivity index (χ3n) is 6.65. The first kappa shape index (κ1) is 33.2. The molecule has 0 aliphatic heterocycles. The Hall–Kier alpha value is -2.86. The van der Waals surface area contributed by atoms with E-state index in [1.54, 1.807) is 25.1 Å². The fourth-order valence-electron chi connectivity index (χ4n) is 4.41. The van der Waals surface area contributed by atoms with Gasteiger partial charge in [-0.1, -0.05) is 94.3 Å². The van der Waals surface area contributed by atoms with Crippen molar-refractivity contribution in [3.63, 3.8) is 0 Å². The highest BCUT2D eigenvalue weighted by molar-refractivity contribution is 5.94. The van der Waals surface area contributed by atoms with Crippen molar-refractivity contribution in [2.45, 2.75) is 123 Å². The van der Waals surface area contributed by atoms with Crippen molar-refractivity contribution in [1.82, 2.24) is 10.6 Å². The molecule has 0 unspecified atom stereocenters. The summed E-state index contributed by atoms with van der Waals surface area (Å²) in [7, 11) is 0. The van der Waals surface area contributed by atoms with Crippen LogP contribution in [0, 0.1) is 0 Å². The lowest BCUT2D eigenvalue weighted by Gasteiger charge is -2.08. The van der Waals surface area contributed by atoms with Crippen LogP contribution in [-0.4, -0.2) is 30.7 Å². The summed E-state index contributed by atoms with van der Waals surface area (Å²) < 4.78 is 0. The number of benzene rings is 1. The van der Waals surface area contributed by atoms with E-state index in [0.29, 0.717) is 37.3 Å². The topological polar surface area (TPSA) is 124 Å². The van der Waals surface area contributed by atoms with Crippen molar-refractivity contribution in [3.05, 3.63) is 45.8 Å². The van der Waals surface area contributed by atoms with Gasteiger partial charge in [0, 0.05) is 36.4 Å². The summed E-state index contributed by atoms with van der Waals surface area (Å²) in [4.78, 5) is 37.9. The molecule has 0 aromatic heterocycles. The van der Waals surface area contributed by atoms with Gasteiger partial charge in [-0.05, 0) is 49.4 Å². The van der Waals surface area contributed by atoms with Crippen LogP contribution in [0.4, 0.5) is 0 Å². The van der Waals surface area contributed by atoms with Gasteiger partial charge in [0.15, 0.2) is 0 Å². The number of azide groups is 1. The number of Topliss-reactive ketones (excluding diaryl/α,β-unsaturated/α-hetero) is 1. The predicted molar refractivity (Wildman–Crippen MR) is 154 cm³/mol. The molecular formula is C30H49N5O3. The van der Waals surface area contributed by atoms with Crippen molar-refractivity contribution >= 4 is 17.6 Å². The zero-order valence-electron chi connectivity index (χ0n) is 23.5. The normalized spacial score (nSPS) is 10.6. The van der Waals surface area contributed by atoms with Crippen LogP contribution in [0.25, 0.3) is 10.4 Å². The molecule has 1 rings (SSSR count). The fourth-order valence-corrected chi connectivity index (χ4v) is 4.41. The summed E-state index contributed by atoms with van der Waals surface area (Å²) in [6, 6.07) is 7.02. The van der Waals surface area contributed by atoms with Crippen LogP contribution in [-0.2, 0) is 16.1 Å². The number of nitrogens with zero attached hydrogens (tertiary/aromatic N) is 3. The fraction of sp³-hybridized carbons (Fsp3) is 0.700. The molecule has 0 saturated heterocycles. The lowest BCUT2D eigenvalue weighted by Crippen LogP contribution is -2.29. The van der Waals surface area contributed by atoms with E-state index < -0.39 is 0 Å². The molecule has 0 spiro atoms. The molecule has 2 amide bonds. The van der Waals surface area contributed by atoms with Gasteiger partial charge in [-0.2, -0.15) is 0 Å². The van der Waals surface area contributed by atoms with Gasteiger partial charge in [-0.15, -0.1) is 0 Å². The Balaban J connectivity index is 1.87. The number of nitrogens with one attached hydrogen (secondary N) is 2. The third kappa shape index (κ3) is 19.3. The summed E-state index contributed by atoms with van der Waals surface area (Å²) in [6.45, 7) is 2.93. The number of carbonyl (C=O) groups is 3. The maximum absolute atomic E-state index is 12.2. The molecule has 2 N–H and O–H groups in total. The highest BCUT2D eigenvalue weighted by atomic mass is 16.2. The van der Waals surface area contributed by atoms with Gasteiger partial charge in [-0.3, -0.25) is 9.59 Å². The molecule has 0 bridgehead atoms. The van der Waals surface area contributed by atoms with Crippen LogP contribution in [0.1, 0.15) is 132 Å². The number of ketones is 1. The van der Waals surface area contributed by atoms with E-state index in [9.17, 15) is 14.4 Å². The second kappa shape index (κ2) is 23.3. The largest absolute Gasteiger partial charge is 0.356 e. The molecule has 0 radical (unpaired) electrons. The second-order valence-corrected chi connectivity index (χ2v) is 10.2. The van der Waals surface area contributed by atoms with Crippen molar-refractivity contribution in [2.75, 3.05) is 13.1 Å². The summed E-state index contributed by atoms with van der Waals surface area (Å²) >= 11 is 0. The molecule has 0 atom stereocenters. The van der Waals surface area contributed by atoms with Crippen molar-refractivity contribution < 1.29 is 14.4 Å². The quantitative estimate of drug-likeness (QED) is 0.0623. The van der Waals surface area contributed by atoms with Gasteiger partial charge in [0.1, 0.15) is 5.78 Å². The molecular weight excluding hydrogens is 478 g/mol. The molecule has 0 fully saturated rings. The first-order valence-corrected chi connectivity index (χ1v) is 14.7. The second-order valence-electron chi connectivity index (χ2n) is 10.2. The molecule has 1 aromatic carbocycles. The molecule has 0 heterocycles. The lowest BCUT2D eigenvalue weighted by atomic mass is 10.0. The van der Waals surface area contributed by atoms with Crippen LogP contribution < -0.4 is 10.6 Å². The minimum atomic E-state index is -0.173. The Kier molecular flexibility index (Phi) is 20.3. The SMILES string of the molecule is CC(=O)CCCCCCCCCCCCCCCCC(=O)NCCCNC(=O)c1cccc(CN=[N+]=[N-])c1. The van der Waals surface area contributed by atoms with Crippen molar-refractivity contribution in [1.29, 1.82) is 0 Å². The van der Waals surface area contributed by atoms with Crippen LogP contribution in [0.2, 0.25) is 0 Å². The third-order valence-corrected chi connectivity index (χ3v) is 6.65. The van der Waals surface area contributed by atoms with E-state index >= 15 is 0 Å². The number of hydrogen-bond donors (Lipinski definition) is 2. The van der Waals surface area contributed by atoms with Crippen LogP contribution in [0.3, 0.4) is 0 Å². The van der Waals surface area contributed by atoms with Gasteiger partial charge in [0.25, 0.3) is 5.91 Å². The predicted octanol–water partition coefficient (Wildman–Crippen LogP) is 7.56. The molecule has 0 aliphatic rings. The lowest BCUT2D eigenvalue weighted by molar-refractivity contribution is -0.121.